The number of benzene rings is 1. The third-order valence-corrected chi connectivity index (χ3v) is 3.88. The van der Waals surface area contributed by atoms with Crippen LogP contribution in [0, 0.1) is 19.7 Å². The van der Waals surface area contributed by atoms with Crippen molar-refractivity contribution in [1.29, 1.82) is 0 Å². The van der Waals surface area contributed by atoms with Crippen molar-refractivity contribution in [1.82, 2.24) is 9.78 Å². The number of aromatic nitrogens is 2. The minimum Gasteiger partial charge on any atom is -0.458 e. The zero-order valence-corrected chi connectivity index (χ0v) is 12.2. The molecule has 3 rings (SSSR count). The van der Waals surface area contributed by atoms with E-state index in [1.165, 1.54) is 12.1 Å². The van der Waals surface area contributed by atoms with E-state index in [2.05, 4.69) is 5.10 Å². The number of halogens is 1. The fourth-order valence-electron chi connectivity index (χ4n) is 2.61. The van der Waals surface area contributed by atoms with Crippen molar-refractivity contribution in [3.05, 3.63) is 52.8 Å². The van der Waals surface area contributed by atoms with Crippen LogP contribution in [-0.2, 0) is 13.5 Å². The lowest BCUT2D eigenvalue weighted by Gasteiger charge is -2.08. The topological polar surface area (TPSA) is 51.2 Å². The molecule has 0 saturated heterocycles. The van der Waals surface area contributed by atoms with Crippen molar-refractivity contribution in [3.8, 4) is 0 Å². The standard InChI is InChI=1S/C16H17FN2O2/c1-9-13(10(2)19(3)18-9)8-14(20)16-7-11-6-12(17)4-5-15(11)21-16/h4-7,14,20H,8H2,1-3H3. The van der Waals surface area contributed by atoms with Crippen molar-refractivity contribution >= 4 is 11.0 Å². The molecule has 3 aromatic rings. The SMILES string of the molecule is Cc1nn(C)c(C)c1CC(O)c1cc2cc(F)ccc2o1. The smallest absolute Gasteiger partial charge is 0.134 e. The summed E-state index contributed by atoms with van der Waals surface area (Å²) in [6.07, 6.45) is -0.351. The van der Waals surface area contributed by atoms with Crippen LogP contribution in [0.5, 0.6) is 0 Å². The van der Waals surface area contributed by atoms with Gasteiger partial charge in [0.25, 0.3) is 0 Å². The molecule has 0 fully saturated rings. The first-order valence-corrected chi connectivity index (χ1v) is 6.82. The van der Waals surface area contributed by atoms with E-state index in [0.717, 1.165) is 17.0 Å². The van der Waals surface area contributed by atoms with Crippen LogP contribution in [0.3, 0.4) is 0 Å². The van der Waals surface area contributed by atoms with Gasteiger partial charge < -0.3 is 9.52 Å². The molecule has 110 valence electrons. The maximum Gasteiger partial charge on any atom is 0.134 e. The van der Waals surface area contributed by atoms with Gasteiger partial charge in [-0.25, -0.2) is 4.39 Å². The van der Waals surface area contributed by atoms with Crippen molar-refractivity contribution < 1.29 is 13.9 Å². The van der Waals surface area contributed by atoms with E-state index in [1.54, 1.807) is 16.8 Å². The molecule has 2 aromatic heterocycles. The molecule has 0 radical (unpaired) electrons. The van der Waals surface area contributed by atoms with E-state index in [-0.39, 0.29) is 5.82 Å². The monoisotopic (exact) mass is 288 g/mol. The summed E-state index contributed by atoms with van der Waals surface area (Å²) in [5, 5.41) is 15.4. The Bertz CT molecular complexity index is 804. The highest BCUT2D eigenvalue weighted by molar-refractivity contribution is 5.77. The third-order valence-electron chi connectivity index (χ3n) is 3.88. The van der Waals surface area contributed by atoms with Gasteiger partial charge in [0.15, 0.2) is 0 Å². The minimum atomic E-state index is -0.776. The number of aryl methyl sites for hydroxylation is 2. The third kappa shape index (κ3) is 2.45. The Kier molecular flexibility index (Phi) is 3.29. The van der Waals surface area contributed by atoms with Crippen molar-refractivity contribution in [2.24, 2.45) is 7.05 Å². The largest absolute Gasteiger partial charge is 0.458 e. The summed E-state index contributed by atoms with van der Waals surface area (Å²) >= 11 is 0. The summed E-state index contributed by atoms with van der Waals surface area (Å²) < 4.78 is 20.6. The molecule has 1 aromatic carbocycles. The Morgan fingerprint density at radius 2 is 2.10 bits per heavy atom. The predicted octanol–water partition coefficient (Wildman–Crippen LogP) is 3.20. The molecule has 1 unspecified atom stereocenters. The van der Waals surface area contributed by atoms with Gasteiger partial charge in [-0.1, -0.05) is 0 Å². The number of aliphatic hydroxyl groups excluding tert-OH is 1. The number of hydrogen-bond acceptors (Lipinski definition) is 3. The first kappa shape index (κ1) is 13.8. The molecular formula is C16H17FN2O2. The van der Waals surface area contributed by atoms with Gasteiger partial charge in [0.2, 0.25) is 0 Å². The second-order valence-electron chi connectivity index (χ2n) is 5.32. The molecule has 0 aliphatic carbocycles. The average molecular weight is 288 g/mol. The fraction of sp³-hybridized carbons (Fsp3) is 0.312. The summed E-state index contributed by atoms with van der Waals surface area (Å²) in [6, 6.07) is 6.00. The van der Waals surface area contributed by atoms with Crippen LogP contribution in [0.4, 0.5) is 4.39 Å². The summed E-state index contributed by atoms with van der Waals surface area (Å²) in [6.45, 7) is 3.89. The lowest BCUT2D eigenvalue weighted by Crippen LogP contribution is -2.03. The molecule has 0 saturated carbocycles. The zero-order chi connectivity index (χ0) is 15.1. The highest BCUT2D eigenvalue weighted by Crippen LogP contribution is 2.28. The highest BCUT2D eigenvalue weighted by Gasteiger charge is 2.19. The van der Waals surface area contributed by atoms with Crippen LogP contribution >= 0.6 is 0 Å². The van der Waals surface area contributed by atoms with Gasteiger partial charge in [0.05, 0.1) is 5.69 Å². The number of fused-ring (bicyclic) bond motifs is 1. The molecule has 2 heterocycles. The van der Waals surface area contributed by atoms with Crippen LogP contribution in [0.1, 0.15) is 28.8 Å². The van der Waals surface area contributed by atoms with Crippen molar-refractivity contribution in [2.45, 2.75) is 26.4 Å². The van der Waals surface area contributed by atoms with E-state index >= 15 is 0 Å². The molecule has 1 atom stereocenters. The van der Waals surface area contributed by atoms with Crippen molar-refractivity contribution in [3.63, 3.8) is 0 Å². The molecule has 21 heavy (non-hydrogen) atoms. The van der Waals surface area contributed by atoms with E-state index in [0.29, 0.717) is 23.2 Å². The van der Waals surface area contributed by atoms with Gasteiger partial charge >= 0.3 is 0 Å². The Morgan fingerprint density at radius 1 is 1.33 bits per heavy atom. The Morgan fingerprint density at radius 3 is 2.76 bits per heavy atom. The number of hydrogen-bond donors (Lipinski definition) is 1. The van der Waals surface area contributed by atoms with Gasteiger partial charge in [0.1, 0.15) is 23.3 Å². The molecular weight excluding hydrogens is 271 g/mol. The lowest BCUT2D eigenvalue weighted by molar-refractivity contribution is 0.152. The number of aliphatic hydroxyl groups is 1. The molecule has 5 heteroatoms. The number of furan rings is 1. The maximum absolute atomic E-state index is 13.2. The molecule has 0 spiro atoms. The molecule has 1 N–H and O–H groups in total. The van der Waals surface area contributed by atoms with Crippen LogP contribution in [0.15, 0.2) is 28.7 Å². The molecule has 0 aliphatic heterocycles. The van der Waals surface area contributed by atoms with E-state index in [4.69, 9.17) is 4.42 Å². The first-order chi connectivity index (χ1) is 9.95. The second kappa shape index (κ2) is 5.00. The normalized spacial score (nSPS) is 13.0. The van der Waals surface area contributed by atoms with Crippen molar-refractivity contribution in [2.75, 3.05) is 0 Å². The van der Waals surface area contributed by atoms with Gasteiger partial charge in [0, 0.05) is 24.5 Å². The molecule has 0 aliphatic rings. The van der Waals surface area contributed by atoms with Gasteiger partial charge in [-0.3, -0.25) is 4.68 Å². The van der Waals surface area contributed by atoms with E-state index < -0.39 is 6.10 Å². The Balaban J connectivity index is 1.91. The summed E-state index contributed by atoms with van der Waals surface area (Å²) in [7, 11) is 1.88. The van der Waals surface area contributed by atoms with Gasteiger partial charge in [-0.2, -0.15) is 5.10 Å². The zero-order valence-electron chi connectivity index (χ0n) is 12.2. The van der Waals surface area contributed by atoms with Crippen LogP contribution < -0.4 is 0 Å². The Labute approximate surface area is 121 Å². The average Bonchev–Trinajstić information content (AvgIpc) is 2.95. The maximum atomic E-state index is 13.2. The highest BCUT2D eigenvalue weighted by atomic mass is 19.1. The van der Waals surface area contributed by atoms with Crippen LogP contribution in [0.2, 0.25) is 0 Å². The quantitative estimate of drug-likeness (QED) is 0.805. The number of nitrogens with zero attached hydrogens (tertiary/aromatic N) is 2. The molecule has 4 nitrogen and oxygen atoms in total. The first-order valence-electron chi connectivity index (χ1n) is 6.82. The van der Waals surface area contributed by atoms with E-state index in [9.17, 15) is 9.50 Å². The van der Waals surface area contributed by atoms with Crippen LogP contribution in [0.25, 0.3) is 11.0 Å². The van der Waals surface area contributed by atoms with E-state index in [1.807, 2.05) is 20.9 Å². The van der Waals surface area contributed by atoms with Crippen LogP contribution in [-0.4, -0.2) is 14.9 Å². The molecule has 0 bridgehead atoms. The summed E-state index contributed by atoms with van der Waals surface area (Å²) in [5.41, 5.74) is 3.51. The minimum absolute atomic E-state index is 0.316. The summed E-state index contributed by atoms with van der Waals surface area (Å²) in [4.78, 5) is 0. The second-order valence-corrected chi connectivity index (χ2v) is 5.32. The fourth-order valence-corrected chi connectivity index (χ4v) is 2.61. The number of rotatable bonds is 3. The Hall–Kier alpha value is -2.14. The molecule has 0 amide bonds. The van der Waals surface area contributed by atoms with Gasteiger partial charge in [-0.05, 0) is 43.7 Å². The lowest BCUT2D eigenvalue weighted by atomic mass is 10.0. The summed E-state index contributed by atoms with van der Waals surface area (Å²) in [5.74, 6) is 0.126. The van der Waals surface area contributed by atoms with Gasteiger partial charge in [-0.15, -0.1) is 0 Å². The predicted molar refractivity (Wildman–Crippen MR) is 77.5 cm³/mol.